The van der Waals surface area contributed by atoms with Crippen LogP contribution in [0.25, 0.3) is 33.2 Å². The Morgan fingerprint density at radius 2 is 1.36 bits per heavy atom. The van der Waals surface area contributed by atoms with Crippen molar-refractivity contribution in [1.82, 2.24) is 4.98 Å². The molecule has 0 saturated heterocycles. The number of methoxy groups -OCH3 is 1. The van der Waals surface area contributed by atoms with Gasteiger partial charge in [0.2, 0.25) is 0 Å². The van der Waals surface area contributed by atoms with Crippen LogP contribution < -0.4 is 10.3 Å². The molecule has 0 unspecified atom stereocenters. The summed E-state index contributed by atoms with van der Waals surface area (Å²) in [5, 5.41) is 1.64. The number of hydrogen-bond donors (Lipinski definition) is 1. The van der Waals surface area contributed by atoms with Crippen molar-refractivity contribution < 1.29 is 4.74 Å². The number of H-pyrrole nitrogens is 1. The fraction of sp³-hybridized carbons (Fsp3) is 0.0455. The van der Waals surface area contributed by atoms with Crippen LogP contribution in [-0.2, 0) is 0 Å². The first-order chi connectivity index (χ1) is 12.3. The summed E-state index contributed by atoms with van der Waals surface area (Å²) < 4.78 is 5.24. The fourth-order valence-corrected chi connectivity index (χ4v) is 3.16. The first-order valence-corrected chi connectivity index (χ1v) is 8.13. The molecule has 3 nitrogen and oxygen atoms in total. The number of aromatic amines is 1. The molecule has 4 rings (SSSR count). The lowest BCUT2D eigenvalue weighted by atomic mass is 9.94. The molecule has 0 aliphatic heterocycles. The van der Waals surface area contributed by atoms with Crippen molar-refractivity contribution in [2.45, 2.75) is 0 Å². The minimum absolute atomic E-state index is 0.0823. The zero-order valence-electron chi connectivity index (χ0n) is 13.8. The molecule has 1 aromatic heterocycles. The second-order valence-corrected chi connectivity index (χ2v) is 5.84. The molecule has 0 saturated carbocycles. The average Bonchev–Trinajstić information content (AvgIpc) is 2.69. The molecule has 1 heterocycles. The van der Waals surface area contributed by atoms with E-state index in [1.807, 2.05) is 66.7 Å². The molecule has 0 amide bonds. The Hall–Kier alpha value is -3.33. The van der Waals surface area contributed by atoms with Crippen molar-refractivity contribution in [2.75, 3.05) is 7.11 Å². The van der Waals surface area contributed by atoms with Crippen molar-refractivity contribution >= 4 is 10.8 Å². The summed E-state index contributed by atoms with van der Waals surface area (Å²) in [5.41, 5.74) is 3.78. The van der Waals surface area contributed by atoms with Crippen LogP contribution in [-0.4, -0.2) is 12.1 Å². The third kappa shape index (κ3) is 2.70. The van der Waals surface area contributed by atoms with E-state index in [4.69, 9.17) is 4.74 Å². The van der Waals surface area contributed by atoms with Crippen molar-refractivity contribution in [2.24, 2.45) is 0 Å². The zero-order chi connectivity index (χ0) is 17.2. The van der Waals surface area contributed by atoms with Gasteiger partial charge in [-0.15, -0.1) is 0 Å². The van der Waals surface area contributed by atoms with Gasteiger partial charge in [-0.05, 0) is 46.8 Å². The third-order valence-corrected chi connectivity index (χ3v) is 4.37. The molecule has 0 fully saturated rings. The second-order valence-electron chi connectivity index (χ2n) is 5.84. The van der Waals surface area contributed by atoms with Gasteiger partial charge in [-0.25, -0.2) is 0 Å². The van der Waals surface area contributed by atoms with Gasteiger partial charge >= 0.3 is 0 Å². The molecule has 122 valence electrons. The second kappa shape index (κ2) is 6.29. The Labute approximate surface area is 145 Å². The van der Waals surface area contributed by atoms with E-state index in [1.54, 1.807) is 7.11 Å². The number of hydrogen-bond acceptors (Lipinski definition) is 2. The van der Waals surface area contributed by atoms with Gasteiger partial charge in [0.25, 0.3) is 5.56 Å². The largest absolute Gasteiger partial charge is 0.497 e. The monoisotopic (exact) mass is 327 g/mol. The van der Waals surface area contributed by atoms with Gasteiger partial charge < -0.3 is 9.72 Å². The Balaban J connectivity index is 2.07. The molecular weight excluding hydrogens is 310 g/mol. The molecule has 0 aliphatic rings. The van der Waals surface area contributed by atoms with Gasteiger partial charge in [-0.1, -0.05) is 48.5 Å². The van der Waals surface area contributed by atoms with Crippen LogP contribution in [0, 0.1) is 0 Å². The van der Waals surface area contributed by atoms with Gasteiger partial charge in [0.05, 0.1) is 12.8 Å². The zero-order valence-corrected chi connectivity index (χ0v) is 13.8. The van der Waals surface area contributed by atoms with Crippen LogP contribution in [0.15, 0.2) is 83.7 Å². The fourth-order valence-electron chi connectivity index (χ4n) is 3.16. The minimum Gasteiger partial charge on any atom is -0.497 e. The molecule has 3 heteroatoms. The standard InChI is InChI=1S/C22H17NO2/c1-25-17-13-11-16(12-14-17)21-20(15-7-3-2-4-8-15)18-9-5-6-10-19(18)22(24)23-21/h2-14H,1H3,(H,23,24). The maximum Gasteiger partial charge on any atom is 0.256 e. The SMILES string of the molecule is COc1ccc(-c2[nH]c(=O)c3ccccc3c2-c2ccccc2)cc1. The highest BCUT2D eigenvalue weighted by Crippen LogP contribution is 2.35. The highest BCUT2D eigenvalue weighted by atomic mass is 16.5. The van der Waals surface area contributed by atoms with Crippen LogP contribution in [0.5, 0.6) is 5.75 Å². The van der Waals surface area contributed by atoms with E-state index in [-0.39, 0.29) is 5.56 Å². The predicted molar refractivity (Wildman–Crippen MR) is 102 cm³/mol. The number of aromatic nitrogens is 1. The summed E-state index contributed by atoms with van der Waals surface area (Å²) in [7, 11) is 1.64. The maximum absolute atomic E-state index is 12.6. The average molecular weight is 327 g/mol. The Morgan fingerprint density at radius 3 is 2.04 bits per heavy atom. The molecule has 0 bridgehead atoms. The number of fused-ring (bicyclic) bond motifs is 1. The van der Waals surface area contributed by atoms with E-state index in [2.05, 4.69) is 17.1 Å². The summed E-state index contributed by atoms with van der Waals surface area (Å²) in [4.78, 5) is 15.7. The molecular formula is C22H17NO2. The summed E-state index contributed by atoms with van der Waals surface area (Å²) in [6.45, 7) is 0. The van der Waals surface area contributed by atoms with Gasteiger partial charge in [0.15, 0.2) is 0 Å². The maximum atomic E-state index is 12.6. The summed E-state index contributed by atoms with van der Waals surface area (Å²) in [5.74, 6) is 0.785. The number of rotatable bonds is 3. The van der Waals surface area contributed by atoms with Crippen molar-refractivity contribution in [3.8, 4) is 28.1 Å². The number of ether oxygens (including phenoxy) is 1. The Kier molecular flexibility index (Phi) is 3.82. The molecule has 0 aliphatic carbocycles. The first-order valence-electron chi connectivity index (χ1n) is 8.13. The molecule has 3 aromatic carbocycles. The summed E-state index contributed by atoms with van der Waals surface area (Å²) in [6, 6.07) is 25.6. The minimum atomic E-state index is -0.0823. The van der Waals surface area contributed by atoms with Crippen molar-refractivity contribution in [3.05, 3.63) is 89.2 Å². The van der Waals surface area contributed by atoms with E-state index in [9.17, 15) is 4.79 Å². The topological polar surface area (TPSA) is 42.1 Å². The van der Waals surface area contributed by atoms with Crippen molar-refractivity contribution in [3.63, 3.8) is 0 Å². The van der Waals surface area contributed by atoms with Crippen LogP contribution in [0.2, 0.25) is 0 Å². The van der Waals surface area contributed by atoms with E-state index >= 15 is 0 Å². The Morgan fingerprint density at radius 1 is 0.720 bits per heavy atom. The first kappa shape index (κ1) is 15.2. The quantitative estimate of drug-likeness (QED) is 0.583. The van der Waals surface area contributed by atoms with E-state index in [0.717, 1.165) is 33.5 Å². The van der Waals surface area contributed by atoms with Gasteiger partial charge in [-0.3, -0.25) is 4.79 Å². The molecule has 25 heavy (non-hydrogen) atoms. The Bertz CT molecular complexity index is 1080. The lowest BCUT2D eigenvalue weighted by molar-refractivity contribution is 0.415. The third-order valence-electron chi connectivity index (χ3n) is 4.37. The van der Waals surface area contributed by atoms with Gasteiger partial charge in [0, 0.05) is 10.9 Å². The lowest BCUT2D eigenvalue weighted by Gasteiger charge is -2.14. The highest BCUT2D eigenvalue weighted by molar-refractivity contribution is 6.02. The predicted octanol–water partition coefficient (Wildman–Crippen LogP) is 4.87. The molecule has 0 radical (unpaired) electrons. The van der Waals surface area contributed by atoms with Crippen LogP contribution in [0.4, 0.5) is 0 Å². The number of pyridine rings is 1. The van der Waals surface area contributed by atoms with Crippen molar-refractivity contribution in [1.29, 1.82) is 0 Å². The lowest BCUT2D eigenvalue weighted by Crippen LogP contribution is -2.09. The smallest absolute Gasteiger partial charge is 0.256 e. The van der Waals surface area contributed by atoms with Gasteiger partial charge in [0.1, 0.15) is 5.75 Å². The van der Waals surface area contributed by atoms with Crippen LogP contribution in [0.1, 0.15) is 0 Å². The van der Waals surface area contributed by atoms with E-state index < -0.39 is 0 Å². The molecule has 0 atom stereocenters. The number of nitrogens with one attached hydrogen (secondary N) is 1. The summed E-state index contributed by atoms with van der Waals surface area (Å²) >= 11 is 0. The van der Waals surface area contributed by atoms with Crippen LogP contribution >= 0.6 is 0 Å². The normalized spacial score (nSPS) is 10.8. The highest BCUT2D eigenvalue weighted by Gasteiger charge is 2.14. The van der Waals surface area contributed by atoms with Crippen LogP contribution in [0.3, 0.4) is 0 Å². The summed E-state index contributed by atoms with van der Waals surface area (Å²) in [6.07, 6.45) is 0. The number of benzene rings is 3. The molecule has 0 spiro atoms. The molecule has 1 N–H and O–H groups in total. The van der Waals surface area contributed by atoms with E-state index in [1.165, 1.54) is 0 Å². The molecule has 4 aromatic rings. The van der Waals surface area contributed by atoms with Gasteiger partial charge in [-0.2, -0.15) is 0 Å². The van der Waals surface area contributed by atoms with E-state index in [0.29, 0.717) is 5.39 Å².